The summed E-state index contributed by atoms with van der Waals surface area (Å²) in [7, 11) is -3.30. The van der Waals surface area contributed by atoms with Crippen LogP contribution in [0.3, 0.4) is 0 Å². The predicted octanol–water partition coefficient (Wildman–Crippen LogP) is 3.71. The molecule has 1 saturated heterocycles. The Balaban J connectivity index is 1.60. The third kappa shape index (κ3) is 4.72. The molecule has 3 rings (SSSR count). The molecule has 1 heterocycles. The van der Waals surface area contributed by atoms with Crippen LogP contribution in [0.15, 0.2) is 59.5 Å². The Kier molecular flexibility index (Phi) is 6.12. The lowest BCUT2D eigenvalue weighted by Crippen LogP contribution is -2.41. The summed E-state index contributed by atoms with van der Waals surface area (Å²) in [5, 5.41) is 0.609. The normalized spacial score (nSPS) is 18.6. The lowest BCUT2D eigenvalue weighted by atomic mass is 9.90. The van der Waals surface area contributed by atoms with Gasteiger partial charge in [-0.3, -0.25) is 4.79 Å². The van der Waals surface area contributed by atoms with Crippen LogP contribution >= 0.6 is 11.6 Å². The van der Waals surface area contributed by atoms with Crippen molar-refractivity contribution < 1.29 is 13.2 Å². The van der Waals surface area contributed by atoms with Crippen LogP contribution in [0.25, 0.3) is 0 Å². The molecule has 2 aromatic carbocycles. The van der Waals surface area contributed by atoms with E-state index in [1.54, 1.807) is 54.6 Å². The number of halogens is 1. The highest BCUT2D eigenvalue weighted by molar-refractivity contribution is 7.91. The topological polar surface area (TPSA) is 54.5 Å². The zero-order valence-corrected chi connectivity index (χ0v) is 16.0. The van der Waals surface area contributed by atoms with Gasteiger partial charge in [0.2, 0.25) is 0 Å². The zero-order chi connectivity index (χ0) is 18.6. The minimum absolute atomic E-state index is 0.0683. The van der Waals surface area contributed by atoms with E-state index in [1.165, 1.54) is 0 Å². The number of rotatable bonds is 6. The van der Waals surface area contributed by atoms with Crippen molar-refractivity contribution in [2.45, 2.75) is 17.7 Å². The van der Waals surface area contributed by atoms with Crippen molar-refractivity contribution in [1.29, 1.82) is 0 Å². The molecule has 0 saturated carbocycles. The second-order valence-electron chi connectivity index (χ2n) is 6.64. The Hall–Kier alpha value is -1.69. The van der Waals surface area contributed by atoms with Gasteiger partial charge in [-0.1, -0.05) is 29.8 Å². The van der Waals surface area contributed by atoms with Gasteiger partial charge in [0.05, 0.1) is 10.6 Å². The summed E-state index contributed by atoms with van der Waals surface area (Å²) in [4.78, 5) is 15.1. The van der Waals surface area contributed by atoms with E-state index in [0.29, 0.717) is 28.6 Å². The Labute approximate surface area is 159 Å². The molecule has 0 aromatic heterocycles. The van der Waals surface area contributed by atoms with Crippen LogP contribution in [0.1, 0.15) is 23.2 Å². The van der Waals surface area contributed by atoms with E-state index in [2.05, 4.69) is 4.90 Å². The number of nitrogens with zero attached hydrogens (tertiary/aromatic N) is 1. The van der Waals surface area contributed by atoms with E-state index in [4.69, 9.17) is 11.6 Å². The molecule has 0 N–H and O–H groups in total. The molecule has 4 nitrogen and oxygen atoms in total. The first-order chi connectivity index (χ1) is 12.5. The number of Topliss-reactive ketones (excluding diaryl/α,β-unsaturated/α-hetero) is 1. The summed E-state index contributed by atoms with van der Waals surface area (Å²) in [5.74, 6) is 0.0837. The Morgan fingerprint density at radius 2 is 1.77 bits per heavy atom. The summed E-state index contributed by atoms with van der Waals surface area (Å²) in [6.07, 6.45) is 1.73. The van der Waals surface area contributed by atoms with Gasteiger partial charge in [0.15, 0.2) is 15.6 Å². The van der Waals surface area contributed by atoms with Crippen molar-refractivity contribution in [3.05, 3.63) is 65.2 Å². The molecule has 0 aliphatic carbocycles. The molecule has 1 atom stereocenters. The van der Waals surface area contributed by atoms with E-state index in [1.807, 2.05) is 0 Å². The largest absolute Gasteiger partial charge is 0.302 e. The fourth-order valence-electron chi connectivity index (χ4n) is 3.32. The fraction of sp³-hybridized carbons (Fsp3) is 0.350. The van der Waals surface area contributed by atoms with Crippen LogP contribution in [-0.4, -0.2) is 44.5 Å². The van der Waals surface area contributed by atoms with Crippen molar-refractivity contribution >= 4 is 27.2 Å². The van der Waals surface area contributed by atoms with Crippen molar-refractivity contribution in [1.82, 2.24) is 4.90 Å². The number of piperidine rings is 1. The molecule has 26 heavy (non-hydrogen) atoms. The monoisotopic (exact) mass is 391 g/mol. The molecular weight excluding hydrogens is 370 g/mol. The molecule has 2 aromatic rings. The third-order valence-corrected chi connectivity index (χ3v) is 6.75. The highest BCUT2D eigenvalue weighted by atomic mass is 35.5. The summed E-state index contributed by atoms with van der Waals surface area (Å²) in [6, 6.07) is 15.5. The van der Waals surface area contributed by atoms with E-state index < -0.39 is 9.84 Å². The maximum atomic E-state index is 12.7. The van der Waals surface area contributed by atoms with Crippen LogP contribution in [0.4, 0.5) is 0 Å². The molecule has 1 fully saturated rings. The number of ketones is 1. The van der Waals surface area contributed by atoms with Gasteiger partial charge in [0.1, 0.15) is 0 Å². The maximum absolute atomic E-state index is 12.7. The average molecular weight is 392 g/mol. The van der Waals surface area contributed by atoms with E-state index in [0.717, 1.165) is 19.4 Å². The van der Waals surface area contributed by atoms with Crippen molar-refractivity contribution in [3.8, 4) is 0 Å². The van der Waals surface area contributed by atoms with Gasteiger partial charge in [0.25, 0.3) is 0 Å². The molecule has 1 aliphatic rings. The lowest BCUT2D eigenvalue weighted by Gasteiger charge is -2.31. The highest BCUT2D eigenvalue weighted by Gasteiger charge is 2.27. The average Bonchev–Trinajstić information content (AvgIpc) is 2.67. The van der Waals surface area contributed by atoms with Gasteiger partial charge < -0.3 is 4.90 Å². The molecule has 0 bridgehead atoms. The number of hydrogen-bond donors (Lipinski definition) is 0. The van der Waals surface area contributed by atoms with Gasteiger partial charge in [0, 0.05) is 29.6 Å². The highest BCUT2D eigenvalue weighted by Crippen LogP contribution is 2.22. The SMILES string of the molecule is O=C(c1ccc(Cl)cc1)[C@H]1CCCN(CCS(=O)(=O)c2ccccc2)C1. The van der Waals surface area contributed by atoms with Crippen LogP contribution < -0.4 is 0 Å². The molecule has 0 unspecified atom stereocenters. The molecule has 0 spiro atoms. The first-order valence-corrected chi connectivity index (χ1v) is 10.8. The summed E-state index contributed by atoms with van der Waals surface area (Å²) in [5.41, 5.74) is 0.665. The number of carbonyl (C=O) groups is 1. The lowest BCUT2D eigenvalue weighted by molar-refractivity contribution is 0.0826. The molecule has 138 valence electrons. The van der Waals surface area contributed by atoms with Gasteiger partial charge >= 0.3 is 0 Å². The minimum atomic E-state index is -3.30. The van der Waals surface area contributed by atoms with Crippen LogP contribution in [-0.2, 0) is 9.84 Å². The number of hydrogen-bond acceptors (Lipinski definition) is 4. The summed E-state index contributed by atoms with van der Waals surface area (Å²) in [6.45, 7) is 1.88. The first kappa shape index (κ1) is 19.1. The minimum Gasteiger partial charge on any atom is -0.302 e. The fourth-order valence-corrected chi connectivity index (χ4v) is 4.75. The van der Waals surface area contributed by atoms with Gasteiger partial charge in [-0.15, -0.1) is 0 Å². The standard InChI is InChI=1S/C20H22ClNO3S/c21-18-10-8-16(9-11-18)20(23)17-5-4-12-22(15-17)13-14-26(24,25)19-6-2-1-3-7-19/h1-3,6-11,17H,4-5,12-15H2/t17-/m0/s1. The molecule has 0 radical (unpaired) electrons. The van der Waals surface area contributed by atoms with E-state index in [-0.39, 0.29) is 17.5 Å². The predicted molar refractivity (Wildman–Crippen MR) is 103 cm³/mol. The zero-order valence-electron chi connectivity index (χ0n) is 14.5. The van der Waals surface area contributed by atoms with Crippen LogP contribution in [0, 0.1) is 5.92 Å². The smallest absolute Gasteiger partial charge is 0.179 e. The second kappa shape index (κ2) is 8.33. The first-order valence-electron chi connectivity index (χ1n) is 8.76. The van der Waals surface area contributed by atoms with Crippen LogP contribution in [0.2, 0.25) is 5.02 Å². The van der Waals surface area contributed by atoms with E-state index in [9.17, 15) is 13.2 Å². The number of sulfone groups is 1. The Bertz CT molecular complexity index is 850. The summed E-state index contributed by atoms with van der Waals surface area (Å²) < 4.78 is 24.9. The van der Waals surface area contributed by atoms with Gasteiger partial charge in [-0.25, -0.2) is 8.42 Å². The molecular formula is C20H22ClNO3S. The molecule has 0 amide bonds. The van der Waals surface area contributed by atoms with Crippen molar-refractivity contribution in [3.63, 3.8) is 0 Å². The number of benzene rings is 2. The van der Waals surface area contributed by atoms with Gasteiger partial charge in [-0.05, 0) is 55.8 Å². The summed E-state index contributed by atoms with van der Waals surface area (Å²) >= 11 is 5.88. The van der Waals surface area contributed by atoms with E-state index >= 15 is 0 Å². The third-order valence-electron chi connectivity index (χ3n) is 4.78. The quantitative estimate of drug-likeness (QED) is 0.704. The second-order valence-corrected chi connectivity index (χ2v) is 9.19. The molecule has 1 aliphatic heterocycles. The van der Waals surface area contributed by atoms with Gasteiger partial charge in [-0.2, -0.15) is 0 Å². The molecule has 6 heteroatoms. The van der Waals surface area contributed by atoms with Crippen molar-refractivity contribution in [2.24, 2.45) is 5.92 Å². The van der Waals surface area contributed by atoms with Crippen LogP contribution in [0.5, 0.6) is 0 Å². The maximum Gasteiger partial charge on any atom is 0.179 e. The number of carbonyl (C=O) groups excluding carboxylic acids is 1. The Morgan fingerprint density at radius 1 is 1.08 bits per heavy atom. The Morgan fingerprint density at radius 3 is 2.46 bits per heavy atom. The number of likely N-dealkylation sites (tertiary alicyclic amines) is 1. The van der Waals surface area contributed by atoms with Crippen molar-refractivity contribution in [2.75, 3.05) is 25.4 Å².